The second kappa shape index (κ2) is 5.73. The molecule has 0 fully saturated rings. The lowest BCUT2D eigenvalue weighted by Gasteiger charge is -2.15. The lowest BCUT2D eigenvalue weighted by Crippen LogP contribution is -2.21. The third-order valence-electron chi connectivity index (χ3n) is 3.73. The van der Waals surface area contributed by atoms with Gasteiger partial charge in [-0.1, -0.05) is 31.3 Å². The zero-order valence-corrected chi connectivity index (χ0v) is 13.4. The number of benzene rings is 1. The lowest BCUT2D eigenvalue weighted by atomic mass is 10.2. The predicted molar refractivity (Wildman–Crippen MR) is 85.9 cm³/mol. The molecule has 0 bridgehead atoms. The predicted octanol–water partition coefficient (Wildman–Crippen LogP) is 3.78. The van der Waals surface area contributed by atoms with Crippen LogP contribution in [0.4, 0.5) is 15.2 Å². The molecule has 2 heterocycles. The summed E-state index contributed by atoms with van der Waals surface area (Å²) in [6, 6.07) is 5.49. The Balaban J connectivity index is 1.86. The highest BCUT2D eigenvalue weighted by atomic mass is 32.1. The van der Waals surface area contributed by atoms with Gasteiger partial charge in [0.25, 0.3) is 0 Å². The third kappa shape index (κ3) is 2.94. The number of halogens is 1. The van der Waals surface area contributed by atoms with Crippen molar-refractivity contribution >= 4 is 22.2 Å². The number of hydrogen-bond donors (Lipinski definition) is 1. The van der Waals surface area contributed by atoms with Crippen molar-refractivity contribution in [3.8, 4) is 0 Å². The fourth-order valence-electron chi connectivity index (χ4n) is 2.54. The van der Waals surface area contributed by atoms with Crippen LogP contribution in [-0.2, 0) is 13.0 Å². The number of nitrogens with zero attached hydrogens (tertiary/aromatic N) is 2. The number of anilines is 2. The van der Waals surface area contributed by atoms with Crippen molar-refractivity contribution in [1.29, 1.82) is 0 Å². The molecule has 0 aliphatic carbocycles. The van der Waals surface area contributed by atoms with Crippen molar-refractivity contribution in [3.63, 3.8) is 0 Å². The van der Waals surface area contributed by atoms with E-state index in [1.54, 1.807) is 17.4 Å². The second-order valence-electron chi connectivity index (χ2n) is 5.72. The normalized spacial score (nSPS) is 14.0. The molecule has 0 unspecified atom stereocenters. The summed E-state index contributed by atoms with van der Waals surface area (Å²) in [7, 11) is 0. The van der Waals surface area contributed by atoms with Gasteiger partial charge in [-0.3, -0.25) is 0 Å². The lowest BCUT2D eigenvalue weighted by molar-refractivity contribution is 0.591. The Morgan fingerprint density at radius 1 is 1.43 bits per heavy atom. The Hall–Kier alpha value is -1.46. The molecule has 2 aromatic rings. The van der Waals surface area contributed by atoms with Crippen LogP contribution in [0.15, 0.2) is 18.2 Å². The van der Waals surface area contributed by atoms with E-state index in [4.69, 9.17) is 0 Å². The fourth-order valence-corrected chi connectivity index (χ4v) is 3.59. The van der Waals surface area contributed by atoms with E-state index in [1.807, 2.05) is 13.0 Å². The van der Waals surface area contributed by atoms with E-state index in [0.29, 0.717) is 6.04 Å². The van der Waals surface area contributed by atoms with Gasteiger partial charge in [-0.05, 0) is 31.0 Å². The molecule has 3 nitrogen and oxygen atoms in total. The van der Waals surface area contributed by atoms with Crippen LogP contribution in [0.5, 0.6) is 0 Å². The first kappa shape index (κ1) is 14.5. The summed E-state index contributed by atoms with van der Waals surface area (Å²) in [6.07, 6.45) is 0.952. The zero-order chi connectivity index (χ0) is 15.0. The van der Waals surface area contributed by atoms with E-state index in [9.17, 15) is 4.39 Å². The molecule has 112 valence electrons. The molecule has 0 radical (unpaired) electrons. The Morgan fingerprint density at radius 2 is 2.24 bits per heavy atom. The molecular formula is C16H20FN3S. The van der Waals surface area contributed by atoms with Crippen LogP contribution in [0.25, 0.3) is 0 Å². The SMILES string of the molecule is Cc1nc(N2CCc3ccc(F)cc32)sc1CNC(C)C. The van der Waals surface area contributed by atoms with Gasteiger partial charge in [0.1, 0.15) is 5.82 Å². The topological polar surface area (TPSA) is 28.2 Å². The van der Waals surface area contributed by atoms with E-state index in [2.05, 4.69) is 29.0 Å². The average molecular weight is 305 g/mol. The van der Waals surface area contributed by atoms with Gasteiger partial charge in [-0.15, -0.1) is 0 Å². The number of thiazole rings is 1. The summed E-state index contributed by atoms with van der Waals surface area (Å²) in [5.74, 6) is -0.185. The smallest absolute Gasteiger partial charge is 0.190 e. The summed E-state index contributed by atoms with van der Waals surface area (Å²) in [5.41, 5.74) is 3.23. The molecule has 3 rings (SSSR count). The zero-order valence-electron chi connectivity index (χ0n) is 12.6. The minimum atomic E-state index is -0.185. The first-order valence-corrected chi connectivity index (χ1v) is 8.12. The minimum Gasteiger partial charge on any atom is -0.317 e. The van der Waals surface area contributed by atoms with Gasteiger partial charge in [-0.25, -0.2) is 9.37 Å². The molecule has 1 aliphatic rings. The van der Waals surface area contributed by atoms with Crippen molar-refractivity contribution < 1.29 is 4.39 Å². The Kier molecular flexibility index (Phi) is 3.95. The summed E-state index contributed by atoms with van der Waals surface area (Å²) >= 11 is 1.70. The van der Waals surface area contributed by atoms with Crippen LogP contribution in [0.3, 0.4) is 0 Å². The number of hydrogen-bond acceptors (Lipinski definition) is 4. The molecule has 1 aliphatic heterocycles. The molecule has 1 aromatic carbocycles. The monoisotopic (exact) mass is 305 g/mol. The number of nitrogens with one attached hydrogen (secondary N) is 1. The Bertz CT molecular complexity index is 651. The van der Waals surface area contributed by atoms with E-state index < -0.39 is 0 Å². The maximum atomic E-state index is 13.5. The fraction of sp³-hybridized carbons (Fsp3) is 0.438. The van der Waals surface area contributed by atoms with Gasteiger partial charge in [0.05, 0.1) is 5.69 Å². The van der Waals surface area contributed by atoms with Crippen molar-refractivity contribution in [2.24, 2.45) is 0 Å². The first-order chi connectivity index (χ1) is 10.0. The second-order valence-corrected chi connectivity index (χ2v) is 6.78. The van der Waals surface area contributed by atoms with Crippen molar-refractivity contribution in [2.75, 3.05) is 11.4 Å². The van der Waals surface area contributed by atoms with Crippen molar-refractivity contribution in [1.82, 2.24) is 10.3 Å². The van der Waals surface area contributed by atoms with Crippen LogP contribution in [0, 0.1) is 12.7 Å². The summed E-state index contributed by atoms with van der Waals surface area (Å²) in [6.45, 7) is 8.03. The Labute approximate surface area is 128 Å². The van der Waals surface area contributed by atoms with Crippen molar-refractivity contribution in [3.05, 3.63) is 40.2 Å². The number of aromatic nitrogens is 1. The maximum Gasteiger partial charge on any atom is 0.190 e. The van der Waals surface area contributed by atoms with E-state index in [0.717, 1.165) is 36.0 Å². The van der Waals surface area contributed by atoms with Crippen molar-refractivity contribution in [2.45, 2.75) is 39.8 Å². The highest BCUT2D eigenvalue weighted by Gasteiger charge is 2.24. The van der Waals surface area contributed by atoms with Crippen LogP contribution >= 0.6 is 11.3 Å². The maximum absolute atomic E-state index is 13.5. The van der Waals surface area contributed by atoms with Gasteiger partial charge < -0.3 is 10.2 Å². The largest absolute Gasteiger partial charge is 0.317 e. The molecule has 0 spiro atoms. The summed E-state index contributed by atoms with van der Waals surface area (Å²) in [5, 5.41) is 4.40. The summed E-state index contributed by atoms with van der Waals surface area (Å²) in [4.78, 5) is 8.07. The molecule has 0 amide bonds. The molecule has 5 heteroatoms. The molecule has 0 atom stereocenters. The van der Waals surface area contributed by atoms with Gasteiger partial charge in [0.2, 0.25) is 0 Å². The highest BCUT2D eigenvalue weighted by Crippen LogP contribution is 2.38. The van der Waals surface area contributed by atoms with Crippen LogP contribution in [0.1, 0.15) is 30.0 Å². The summed E-state index contributed by atoms with van der Waals surface area (Å²) < 4.78 is 13.5. The molecule has 21 heavy (non-hydrogen) atoms. The van der Waals surface area contributed by atoms with E-state index in [1.165, 1.54) is 16.5 Å². The molecule has 0 saturated heterocycles. The Morgan fingerprint density at radius 3 is 3.00 bits per heavy atom. The highest BCUT2D eigenvalue weighted by molar-refractivity contribution is 7.15. The van der Waals surface area contributed by atoms with Crippen LogP contribution in [-0.4, -0.2) is 17.6 Å². The third-order valence-corrected chi connectivity index (χ3v) is 4.91. The van der Waals surface area contributed by atoms with Crippen LogP contribution in [0.2, 0.25) is 0 Å². The quantitative estimate of drug-likeness (QED) is 0.931. The molecule has 1 N–H and O–H groups in total. The molecular weight excluding hydrogens is 285 g/mol. The average Bonchev–Trinajstić information content (AvgIpc) is 2.99. The molecule has 0 saturated carbocycles. The number of aryl methyl sites for hydroxylation is 1. The van der Waals surface area contributed by atoms with Crippen LogP contribution < -0.4 is 10.2 Å². The first-order valence-electron chi connectivity index (χ1n) is 7.30. The molecule has 1 aromatic heterocycles. The number of fused-ring (bicyclic) bond motifs is 1. The minimum absolute atomic E-state index is 0.185. The van der Waals surface area contributed by atoms with Gasteiger partial charge in [-0.2, -0.15) is 0 Å². The standard InChI is InChI=1S/C16H20FN3S/c1-10(2)18-9-15-11(3)19-16(21-15)20-7-6-12-4-5-13(17)8-14(12)20/h4-5,8,10,18H,6-7,9H2,1-3H3. The van der Waals surface area contributed by atoms with Gasteiger partial charge >= 0.3 is 0 Å². The van der Waals surface area contributed by atoms with E-state index >= 15 is 0 Å². The van der Waals surface area contributed by atoms with Gasteiger partial charge in [0, 0.05) is 29.7 Å². The van der Waals surface area contributed by atoms with Gasteiger partial charge in [0.15, 0.2) is 5.13 Å². The number of rotatable bonds is 4. The van der Waals surface area contributed by atoms with E-state index in [-0.39, 0.29) is 5.82 Å².